The van der Waals surface area contributed by atoms with E-state index in [0.29, 0.717) is 27.6 Å². The van der Waals surface area contributed by atoms with Gasteiger partial charge in [0.25, 0.3) is 5.56 Å². The molecular weight excluding hydrogens is 345 g/mol. The molecule has 0 unspecified atom stereocenters. The van der Waals surface area contributed by atoms with Gasteiger partial charge in [0.05, 0.1) is 29.3 Å². The van der Waals surface area contributed by atoms with Crippen molar-refractivity contribution in [1.82, 2.24) is 14.5 Å². The van der Waals surface area contributed by atoms with E-state index >= 15 is 0 Å². The summed E-state index contributed by atoms with van der Waals surface area (Å²) < 4.78 is 1.51. The summed E-state index contributed by atoms with van der Waals surface area (Å²) in [5.74, 6) is 0. The van der Waals surface area contributed by atoms with E-state index in [9.17, 15) is 4.79 Å². The van der Waals surface area contributed by atoms with Crippen molar-refractivity contribution in [3.63, 3.8) is 0 Å². The highest BCUT2D eigenvalue weighted by Gasteiger charge is 2.09. The Morgan fingerprint density at radius 2 is 1.83 bits per heavy atom. The summed E-state index contributed by atoms with van der Waals surface area (Å²) >= 11 is 12.3. The van der Waals surface area contributed by atoms with E-state index in [2.05, 4.69) is 9.97 Å². The van der Waals surface area contributed by atoms with Gasteiger partial charge in [-0.1, -0.05) is 41.4 Å². The minimum atomic E-state index is -0.160. The highest BCUT2D eigenvalue weighted by molar-refractivity contribution is 6.31. The SMILES string of the molecule is O=c1c2cc(Cl)ccc2ncn1Cc1cc2ccccc2nc1Cl. The van der Waals surface area contributed by atoms with Crippen molar-refractivity contribution in [1.29, 1.82) is 0 Å². The summed E-state index contributed by atoms with van der Waals surface area (Å²) in [5.41, 5.74) is 2.04. The molecule has 0 fully saturated rings. The fourth-order valence-electron chi connectivity index (χ4n) is 2.67. The Bertz CT molecular complexity index is 1140. The highest BCUT2D eigenvalue weighted by atomic mass is 35.5. The number of benzene rings is 2. The molecule has 0 amide bonds. The summed E-state index contributed by atoms with van der Waals surface area (Å²) in [6, 6.07) is 14.7. The molecule has 6 heteroatoms. The average Bonchev–Trinajstić information content (AvgIpc) is 2.58. The van der Waals surface area contributed by atoms with Crippen molar-refractivity contribution in [3.8, 4) is 0 Å². The third kappa shape index (κ3) is 2.64. The smallest absolute Gasteiger partial charge is 0.261 e. The summed E-state index contributed by atoms with van der Waals surface area (Å²) in [4.78, 5) is 21.4. The molecule has 118 valence electrons. The van der Waals surface area contributed by atoms with E-state index in [1.165, 1.54) is 10.9 Å². The van der Waals surface area contributed by atoms with Crippen molar-refractivity contribution >= 4 is 45.0 Å². The third-order valence-corrected chi connectivity index (χ3v) is 4.44. The predicted molar refractivity (Wildman–Crippen MR) is 96.9 cm³/mol. The van der Waals surface area contributed by atoms with Crippen molar-refractivity contribution in [2.24, 2.45) is 0 Å². The maximum atomic E-state index is 12.7. The van der Waals surface area contributed by atoms with Gasteiger partial charge in [-0.3, -0.25) is 9.36 Å². The molecule has 4 nitrogen and oxygen atoms in total. The van der Waals surface area contributed by atoms with Crippen LogP contribution in [0.1, 0.15) is 5.56 Å². The van der Waals surface area contributed by atoms with Gasteiger partial charge in [0.2, 0.25) is 0 Å². The van der Waals surface area contributed by atoms with Crippen LogP contribution in [-0.2, 0) is 6.54 Å². The standard InChI is InChI=1S/C18H11Cl2N3O/c19-13-5-6-16-14(8-13)18(24)23(10-21-16)9-12-7-11-3-1-2-4-15(11)22-17(12)20/h1-8,10H,9H2. The van der Waals surface area contributed by atoms with E-state index in [4.69, 9.17) is 23.2 Å². The number of pyridine rings is 1. The molecule has 0 atom stereocenters. The van der Waals surface area contributed by atoms with Gasteiger partial charge >= 0.3 is 0 Å². The number of nitrogens with zero attached hydrogens (tertiary/aromatic N) is 3. The second-order valence-corrected chi connectivity index (χ2v) is 6.26. The van der Waals surface area contributed by atoms with Crippen molar-refractivity contribution < 1.29 is 0 Å². The van der Waals surface area contributed by atoms with Crippen molar-refractivity contribution in [3.05, 3.63) is 81.0 Å². The van der Waals surface area contributed by atoms with Crippen LogP contribution < -0.4 is 5.56 Å². The molecule has 0 aliphatic rings. The monoisotopic (exact) mass is 355 g/mol. The number of hydrogen-bond acceptors (Lipinski definition) is 3. The molecule has 2 aromatic carbocycles. The number of halogens is 2. The molecule has 0 aliphatic heterocycles. The molecule has 4 rings (SSSR count). The van der Waals surface area contributed by atoms with Crippen LogP contribution in [0.2, 0.25) is 10.2 Å². The number of para-hydroxylation sites is 1. The summed E-state index contributed by atoms with van der Waals surface area (Å²) in [6.07, 6.45) is 1.52. The lowest BCUT2D eigenvalue weighted by atomic mass is 10.1. The van der Waals surface area contributed by atoms with Crippen LogP contribution in [0.15, 0.2) is 59.7 Å². The van der Waals surface area contributed by atoms with Crippen LogP contribution in [0, 0.1) is 0 Å². The van der Waals surface area contributed by atoms with E-state index < -0.39 is 0 Å². The van der Waals surface area contributed by atoms with E-state index in [0.717, 1.165) is 16.5 Å². The molecule has 0 aliphatic carbocycles. The third-order valence-electron chi connectivity index (χ3n) is 3.88. The molecule has 0 saturated carbocycles. The lowest BCUT2D eigenvalue weighted by Crippen LogP contribution is -2.21. The average molecular weight is 356 g/mol. The van der Waals surface area contributed by atoms with Gasteiger partial charge in [0.15, 0.2) is 0 Å². The zero-order chi connectivity index (χ0) is 16.7. The van der Waals surface area contributed by atoms with Gasteiger partial charge in [-0.15, -0.1) is 0 Å². The Morgan fingerprint density at radius 1 is 1.00 bits per heavy atom. The summed E-state index contributed by atoms with van der Waals surface area (Å²) in [5, 5.41) is 2.34. The Labute approximate surface area is 147 Å². The Kier molecular flexibility index (Phi) is 3.71. The minimum Gasteiger partial charge on any atom is -0.294 e. The van der Waals surface area contributed by atoms with Crippen molar-refractivity contribution in [2.75, 3.05) is 0 Å². The van der Waals surface area contributed by atoms with E-state index in [-0.39, 0.29) is 5.56 Å². The molecule has 2 aromatic heterocycles. The van der Waals surface area contributed by atoms with Gasteiger partial charge in [-0.2, -0.15) is 0 Å². The first-order valence-electron chi connectivity index (χ1n) is 7.31. The number of rotatable bonds is 2. The van der Waals surface area contributed by atoms with Gasteiger partial charge in [0, 0.05) is 16.0 Å². The van der Waals surface area contributed by atoms with Gasteiger partial charge in [0.1, 0.15) is 5.15 Å². The number of aromatic nitrogens is 3. The molecule has 0 radical (unpaired) electrons. The van der Waals surface area contributed by atoms with Crippen molar-refractivity contribution in [2.45, 2.75) is 6.54 Å². The molecular formula is C18H11Cl2N3O. The van der Waals surface area contributed by atoms with Crippen LogP contribution in [-0.4, -0.2) is 14.5 Å². The molecule has 0 N–H and O–H groups in total. The fourth-order valence-corrected chi connectivity index (χ4v) is 3.05. The molecule has 0 saturated heterocycles. The first kappa shape index (κ1) is 15.1. The second-order valence-electron chi connectivity index (χ2n) is 5.47. The van der Waals surface area contributed by atoms with Crippen LogP contribution >= 0.6 is 23.2 Å². The zero-order valence-electron chi connectivity index (χ0n) is 12.4. The lowest BCUT2D eigenvalue weighted by Gasteiger charge is -2.09. The van der Waals surface area contributed by atoms with E-state index in [1.54, 1.807) is 18.2 Å². The van der Waals surface area contributed by atoms with Gasteiger partial charge < -0.3 is 0 Å². The van der Waals surface area contributed by atoms with Crippen LogP contribution in [0.4, 0.5) is 0 Å². The Morgan fingerprint density at radius 3 is 2.71 bits per heavy atom. The number of fused-ring (bicyclic) bond motifs is 2. The molecule has 0 bridgehead atoms. The molecule has 24 heavy (non-hydrogen) atoms. The topological polar surface area (TPSA) is 47.8 Å². The maximum absolute atomic E-state index is 12.7. The second kappa shape index (κ2) is 5.89. The number of hydrogen-bond donors (Lipinski definition) is 0. The molecule has 2 heterocycles. The Hall–Kier alpha value is -2.43. The maximum Gasteiger partial charge on any atom is 0.261 e. The zero-order valence-corrected chi connectivity index (χ0v) is 13.9. The van der Waals surface area contributed by atoms with E-state index in [1.807, 2.05) is 30.3 Å². The molecule has 0 spiro atoms. The molecule has 4 aromatic rings. The van der Waals surface area contributed by atoms with Crippen LogP contribution in [0.5, 0.6) is 0 Å². The van der Waals surface area contributed by atoms with Crippen LogP contribution in [0.25, 0.3) is 21.8 Å². The Balaban J connectivity index is 1.83. The highest BCUT2D eigenvalue weighted by Crippen LogP contribution is 2.21. The normalized spacial score (nSPS) is 11.2. The predicted octanol–water partition coefficient (Wildman–Crippen LogP) is 4.30. The quantitative estimate of drug-likeness (QED) is 0.503. The summed E-state index contributed by atoms with van der Waals surface area (Å²) in [6.45, 7) is 0.297. The first-order valence-corrected chi connectivity index (χ1v) is 8.06. The minimum absolute atomic E-state index is 0.160. The van der Waals surface area contributed by atoms with Gasteiger partial charge in [-0.25, -0.2) is 9.97 Å². The summed E-state index contributed by atoms with van der Waals surface area (Å²) in [7, 11) is 0. The largest absolute Gasteiger partial charge is 0.294 e. The first-order chi connectivity index (χ1) is 11.6. The lowest BCUT2D eigenvalue weighted by molar-refractivity contribution is 0.747. The van der Waals surface area contributed by atoms with Gasteiger partial charge in [-0.05, 0) is 30.3 Å². The van der Waals surface area contributed by atoms with Crippen LogP contribution in [0.3, 0.4) is 0 Å². The fraction of sp³-hybridized carbons (Fsp3) is 0.0556.